The molecule has 0 aliphatic rings. The van der Waals surface area contributed by atoms with Gasteiger partial charge >= 0.3 is 5.97 Å². The molecule has 0 aliphatic carbocycles. The van der Waals surface area contributed by atoms with Gasteiger partial charge in [-0.1, -0.05) is 26.0 Å². The maximum absolute atomic E-state index is 12.0. The van der Waals surface area contributed by atoms with Gasteiger partial charge in [0.2, 0.25) is 0 Å². The molecular weight excluding hydrogens is 264 g/mol. The molecule has 0 saturated carbocycles. The van der Waals surface area contributed by atoms with Crippen molar-refractivity contribution < 1.29 is 18.3 Å². The van der Waals surface area contributed by atoms with E-state index < -0.39 is 15.8 Å². The first kappa shape index (κ1) is 15.7. The van der Waals surface area contributed by atoms with Crippen molar-refractivity contribution in [3.05, 3.63) is 29.8 Å². The quantitative estimate of drug-likeness (QED) is 0.835. The molecule has 0 fully saturated rings. The summed E-state index contributed by atoms with van der Waals surface area (Å²) in [5.41, 5.74) is 0.838. The maximum Gasteiger partial charge on any atom is 0.303 e. The fraction of sp³-hybridized carbons (Fsp3) is 0.500. The molecule has 0 unspecified atom stereocenters. The second-order valence-corrected chi connectivity index (χ2v) is 7.15. The van der Waals surface area contributed by atoms with E-state index in [2.05, 4.69) is 0 Å². The number of hydrogen-bond donors (Lipinski definition) is 1. The number of sulfone groups is 1. The summed E-state index contributed by atoms with van der Waals surface area (Å²) >= 11 is 0. The fourth-order valence-electron chi connectivity index (χ4n) is 1.62. The van der Waals surface area contributed by atoms with Gasteiger partial charge in [0.25, 0.3) is 0 Å². The first-order valence-electron chi connectivity index (χ1n) is 6.35. The van der Waals surface area contributed by atoms with Gasteiger partial charge in [0.05, 0.1) is 10.6 Å². The zero-order valence-electron chi connectivity index (χ0n) is 11.3. The van der Waals surface area contributed by atoms with Gasteiger partial charge in [-0.05, 0) is 36.5 Å². The number of carboxylic acid groups (broad SMARTS) is 1. The molecule has 0 aliphatic heterocycles. The van der Waals surface area contributed by atoms with Crippen molar-refractivity contribution in [3.8, 4) is 0 Å². The Bertz CT molecular complexity index is 515. The number of hydrogen-bond acceptors (Lipinski definition) is 3. The number of carboxylic acids is 1. The van der Waals surface area contributed by atoms with Crippen LogP contribution in [0.15, 0.2) is 29.2 Å². The van der Waals surface area contributed by atoms with Crippen LogP contribution in [0.1, 0.15) is 32.3 Å². The molecular formula is C14H20O4S. The van der Waals surface area contributed by atoms with Crippen molar-refractivity contribution in [1.29, 1.82) is 0 Å². The molecule has 1 aromatic rings. The lowest BCUT2D eigenvalue weighted by molar-refractivity contribution is -0.136. The van der Waals surface area contributed by atoms with E-state index in [-0.39, 0.29) is 12.2 Å². The first-order chi connectivity index (χ1) is 8.81. The molecule has 106 valence electrons. The van der Waals surface area contributed by atoms with Crippen LogP contribution in [0.5, 0.6) is 0 Å². The normalized spacial score (nSPS) is 11.7. The van der Waals surface area contributed by atoms with E-state index in [0.29, 0.717) is 23.7 Å². The van der Waals surface area contributed by atoms with E-state index >= 15 is 0 Å². The third kappa shape index (κ3) is 5.42. The summed E-state index contributed by atoms with van der Waals surface area (Å²) in [7, 11) is -3.22. The van der Waals surface area contributed by atoms with Crippen molar-refractivity contribution in [2.45, 2.75) is 38.0 Å². The van der Waals surface area contributed by atoms with Gasteiger partial charge in [-0.3, -0.25) is 4.79 Å². The third-order valence-corrected chi connectivity index (χ3v) is 4.64. The molecule has 1 N–H and O–H groups in total. The van der Waals surface area contributed by atoms with Crippen molar-refractivity contribution >= 4 is 15.8 Å². The minimum atomic E-state index is -3.22. The zero-order valence-corrected chi connectivity index (χ0v) is 12.1. The highest BCUT2D eigenvalue weighted by molar-refractivity contribution is 7.91. The van der Waals surface area contributed by atoms with Gasteiger partial charge in [-0.2, -0.15) is 0 Å². The topological polar surface area (TPSA) is 71.4 Å². The van der Waals surface area contributed by atoms with E-state index in [1.165, 1.54) is 0 Å². The SMILES string of the molecule is CC(C)CCS(=O)(=O)c1ccc(CCC(=O)O)cc1. The molecule has 4 nitrogen and oxygen atoms in total. The van der Waals surface area contributed by atoms with E-state index in [1.54, 1.807) is 24.3 Å². The minimum Gasteiger partial charge on any atom is -0.481 e. The molecule has 1 rings (SSSR count). The van der Waals surface area contributed by atoms with Crippen molar-refractivity contribution in [1.82, 2.24) is 0 Å². The Morgan fingerprint density at radius 1 is 1.21 bits per heavy atom. The average Bonchev–Trinajstić information content (AvgIpc) is 2.34. The second kappa shape index (κ2) is 6.70. The van der Waals surface area contributed by atoms with Gasteiger partial charge in [-0.25, -0.2) is 8.42 Å². The molecule has 0 spiro atoms. The Hall–Kier alpha value is -1.36. The summed E-state index contributed by atoms with van der Waals surface area (Å²) in [6, 6.07) is 6.50. The molecule has 0 aromatic heterocycles. The molecule has 0 heterocycles. The Balaban J connectivity index is 2.72. The smallest absolute Gasteiger partial charge is 0.303 e. The van der Waals surface area contributed by atoms with Crippen LogP contribution in [0.2, 0.25) is 0 Å². The highest BCUT2D eigenvalue weighted by Crippen LogP contribution is 2.16. The van der Waals surface area contributed by atoms with Crippen LogP contribution in [0, 0.1) is 5.92 Å². The Labute approximate surface area is 114 Å². The number of aryl methyl sites for hydroxylation is 1. The third-order valence-electron chi connectivity index (χ3n) is 2.87. The lowest BCUT2D eigenvalue weighted by Gasteiger charge is -2.07. The lowest BCUT2D eigenvalue weighted by Crippen LogP contribution is -2.09. The number of rotatable bonds is 7. The molecule has 5 heteroatoms. The van der Waals surface area contributed by atoms with E-state index in [0.717, 1.165) is 5.56 Å². The highest BCUT2D eigenvalue weighted by atomic mass is 32.2. The van der Waals surface area contributed by atoms with Crippen molar-refractivity contribution in [2.24, 2.45) is 5.92 Å². The van der Waals surface area contributed by atoms with Gasteiger partial charge in [-0.15, -0.1) is 0 Å². The van der Waals surface area contributed by atoms with Crippen LogP contribution in [-0.2, 0) is 21.1 Å². The predicted octanol–water partition coefficient (Wildman–Crippen LogP) is 2.52. The maximum atomic E-state index is 12.0. The van der Waals surface area contributed by atoms with Gasteiger partial charge < -0.3 is 5.11 Å². The van der Waals surface area contributed by atoms with Crippen molar-refractivity contribution in [3.63, 3.8) is 0 Å². The van der Waals surface area contributed by atoms with Crippen LogP contribution in [0.4, 0.5) is 0 Å². The summed E-state index contributed by atoms with van der Waals surface area (Å²) in [4.78, 5) is 10.8. The van der Waals surface area contributed by atoms with Crippen LogP contribution in [0.25, 0.3) is 0 Å². The van der Waals surface area contributed by atoms with Gasteiger partial charge in [0.1, 0.15) is 0 Å². The van der Waals surface area contributed by atoms with Crippen LogP contribution in [0.3, 0.4) is 0 Å². The summed E-state index contributed by atoms with van der Waals surface area (Å²) in [6.45, 7) is 3.98. The Kier molecular flexibility index (Phi) is 5.54. The minimum absolute atomic E-state index is 0.0550. The molecule has 0 saturated heterocycles. The number of carbonyl (C=O) groups is 1. The zero-order chi connectivity index (χ0) is 14.5. The number of benzene rings is 1. The van der Waals surface area contributed by atoms with E-state index in [1.807, 2.05) is 13.8 Å². The lowest BCUT2D eigenvalue weighted by atomic mass is 10.1. The molecule has 0 radical (unpaired) electrons. The largest absolute Gasteiger partial charge is 0.481 e. The monoisotopic (exact) mass is 284 g/mol. The average molecular weight is 284 g/mol. The highest BCUT2D eigenvalue weighted by Gasteiger charge is 2.14. The predicted molar refractivity (Wildman–Crippen MR) is 73.9 cm³/mol. The van der Waals surface area contributed by atoms with Gasteiger partial charge in [0, 0.05) is 6.42 Å². The van der Waals surface area contributed by atoms with Crippen molar-refractivity contribution in [2.75, 3.05) is 5.75 Å². The molecule has 1 aromatic carbocycles. The van der Waals surface area contributed by atoms with Crippen LogP contribution in [-0.4, -0.2) is 25.2 Å². The summed E-state index contributed by atoms with van der Waals surface area (Å²) < 4.78 is 24.0. The van der Waals surface area contributed by atoms with E-state index in [4.69, 9.17) is 5.11 Å². The van der Waals surface area contributed by atoms with E-state index in [9.17, 15) is 13.2 Å². The molecule has 0 amide bonds. The standard InChI is InChI=1S/C14H20O4S/c1-11(2)9-10-19(17,18)13-6-3-12(4-7-13)5-8-14(15)16/h3-4,6-7,11H,5,8-10H2,1-2H3,(H,15,16). The summed E-state index contributed by atoms with van der Waals surface area (Å²) in [6.07, 6.45) is 1.12. The molecule has 0 bridgehead atoms. The van der Waals surface area contributed by atoms with Crippen LogP contribution >= 0.6 is 0 Å². The summed E-state index contributed by atoms with van der Waals surface area (Å²) in [5, 5.41) is 8.58. The molecule has 0 atom stereocenters. The first-order valence-corrected chi connectivity index (χ1v) is 8.00. The summed E-state index contributed by atoms with van der Waals surface area (Å²) in [5.74, 6) is -0.350. The second-order valence-electron chi connectivity index (χ2n) is 5.04. The molecule has 19 heavy (non-hydrogen) atoms. The Morgan fingerprint density at radius 3 is 2.26 bits per heavy atom. The van der Waals surface area contributed by atoms with Crippen LogP contribution < -0.4 is 0 Å². The van der Waals surface area contributed by atoms with Gasteiger partial charge in [0.15, 0.2) is 9.84 Å². The number of aliphatic carboxylic acids is 1. The Morgan fingerprint density at radius 2 is 1.79 bits per heavy atom. The fourth-order valence-corrected chi connectivity index (χ4v) is 3.19.